The SMILES string of the molecule is CO.O.OC[C@@H](O)[C@@H](O[C@H]1OC[C@@H](O)C[C@H]1O)[C@H](O)[C@@H](O)CO. The minimum Gasteiger partial charge on any atom is -0.412 e. The van der Waals surface area contributed by atoms with Crippen LogP contribution in [-0.4, -0.2) is 116 Å². The van der Waals surface area contributed by atoms with Gasteiger partial charge in [-0.2, -0.15) is 0 Å². The summed E-state index contributed by atoms with van der Waals surface area (Å²) in [5.74, 6) is 0. The Bertz CT molecular complexity index is 280. The molecule has 1 rings (SSSR count). The number of hydrogen-bond donors (Lipinski definition) is 8. The van der Waals surface area contributed by atoms with Gasteiger partial charge in [0.05, 0.1) is 25.9 Å². The van der Waals surface area contributed by atoms with Crippen molar-refractivity contribution in [1.29, 1.82) is 0 Å². The van der Waals surface area contributed by atoms with Crippen molar-refractivity contribution >= 4 is 0 Å². The maximum atomic E-state index is 9.76. The molecule has 1 heterocycles. The molecule has 11 nitrogen and oxygen atoms in total. The molecule has 142 valence electrons. The van der Waals surface area contributed by atoms with E-state index in [1.165, 1.54) is 0 Å². The molecular weight excluding hydrogens is 320 g/mol. The summed E-state index contributed by atoms with van der Waals surface area (Å²) in [6.07, 6.45) is -9.58. The number of ether oxygens (including phenoxy) is 2. The van der Waals surface area contributed by atoms with Crippen LogP contribution < -0.4 is 0 Å². The first-order chi connectivity index (χ1) is 10.4. The number of hydrogen-bond acceptors (Lipinski definition) is 10. The van der Waals surface area contributed by atoms with Crippen molar-refractivity contribution in [2.45, 2.75) is 49.3 Å². The molecule has 7 atom stereocenters. The molecule has 0 bridgehead atoms. The minimum absolute atomic E-state index is 0. The fraction of sp³-hybridized carbons (Fsp3) is 1.00. The van der Waals surface area contributed by atoms with Gasteiger partial charge in [-0.1, -0.05) is 0 Å². The van der Waals surface area contributed by atoms with Gasteiger partial charge in [0.2, 0.25) is 0 Å². The third-order valence-electron chi connectivity index (χ3n) is 3.06. The molecule has 1 saturated heterocycles. The highest BCUT2D eigenvalue weighted by Crippen LogP contribution is 2.20. The Labute approximate surface area is 133 Å². The van der Waals surface area contributed by atoms with Crippen LogP contribution in [0.1, 0.15) is 6.42 Å². The second-order valence-corrected chi connectivity index (χ2v) is 4.75. The van der Waals surface area contributed by atoms with Crippen LogP contribution in [0, 0.1) is 0 Å². The monoisotopic (exact) mass is 348 g/mol. The van der Waals surface area contributed by atoms with Gasteiger partial charge in [-0.05, 0) is 0 Å². The molecule has 0 aromatic carbocycles. The predicted molar refractivity (Wildman–Crippen MR) is 75.2 cm³/mol. The standard InChI is InChI=1S/C11H22O9.CH4O.H2O/c12-2-7(16)9(18)10(8(17)3-13)20-11-6(15)1-5(14)4-19-11;1-2;/h5-18H,1-4H2;2H,1H3;1H2/t5-,6+,7-,8+,9+,10+,11+;;/m0../s1. The van der Waals surface area contributed by atoms with E-state index in [1.807, 2.05) is 0 Å². The molecule has 0 radical (unpaired) electrons. The lowest BCUT2D eigenvalue weighted by Gasteiger charge is -2.36. The summed E-state index contributed by atoms with van der Waals surface area (Å²) in [7, 11) is 1.00. The summed E-state index contributed by atoms with van der Waals surface area (Å²) >= 11 is 0. The van der Waals surface area contributed by atoms with Crippen LogP contribution in [0.4, 0.5) is 0 Å². The molecule has 1 aliphatic rings. The Morgan fingerprint density at radius 1 is 1.04 bits per heavy atom. The Kier molecular flexibility index (Phi) is 13.9. The van der Waals surface area contributed by atoms with Crippen molar-refractivity contribution in [2.24, 2.45) is 0 Å². The molecule has 0 unspecified atom stereocenters. The lowest BCUT2D eigenvalue weighted by Crippen LogP contribution is -2.53. The zero-order chi connectivity index (χ0) is 17.3. The molecule has 10 N–H and O–H groups in total. The molecule has 0 aromatic heterocycles. The van der Waals surface area contributed by atoms with E-state index in [0.717, 1.165) is 7.11 Å². The lowest BCUT2D eigenvalue weighted by molar-refractivity contribution is -0.282. The van der Waals surface area contributed by atoms with Gasteiger partial charge in [-0.3, -0.25) is 0 Å². The quantitative estimate of drug-likeness (QED) is 0.219. The normalized spacial score (nSPS) is 29.3. The smallest absolute Gasteiger partial charge is 0.184 e. The molecule has 23 heavy (non-hydrogen) atoms. The van der Waals surface area contributed by atoms with Crippen molar-refractivity contribution in [1.82, 2.24) is 0 Å². The fourth-order valence-corrected chi connectivity index (χ4v) is 1.89. The highest BCUT2D eigenvalue weighted by Gasteiger charge is 2.38. The van der Waals surface area contributed by atoms with E-state index in [0.29, 0.717) is 0 Å². The van der Waals surface area contributed by atoms with Crippen molar-refractivity contribution in [3.8, 4) is 0 Å². The van der Waals surface area contributed by atoms with Gasteiger partial charge >= 0.3 is 0 Å². The molecule has 1 fully saturated rings. The van der Waals surface area contributed by atoms with Crippen LogP contribution in [-0.2, 0) is 9.47 Å². The number of aliphatic hydroxyl groups is 8. The molecule has 1 aliphatic heterocycles. The van der Waals surface area contributed by atoms with Gasteiger partial charge in [0.15, 0.2) is 6.29 Å². The molecule has 0 spiro atoms. The second kappa shape index (κ2) is 12.9. The Morgan fingerprint density at radius 2 is 1.57 bits per heavy atom. The van der Waals surface area contributed by atoms with E-state index >= 15 is 0 Å². The first kappa shape index (κ1) is 24.8. The Morgan fingerprint density at radius 3 is 2.00 bits per heavy atom. The van der Waals surface area contributed by atoms with E-state index in [9.17, 15) is 25.5 Å². The maximum Gasteiger partial charge on any atom is 0.184 e. The van der Waals surface area contributed by atoms with Crippen LogP contribution in [0.5, 0.6) is 0 Å². The summed E-state index contributed by atoms with van der Waals surface area (Å²) < 4.78 is 10.2. The highest BCUT2D eigenvalue weighted by molar-refractivity contribution is 4.84. The summed E-state index contributed by atoms with van der Waals surface area (Å²) in [5, 5.41) is 72.3. The zero-order valence-corrected chi connectivity index (χ0v) is 12.8. The predicted octanol–water partition coefficient (Wildman–Crippen LogP) is -5.31. The highest BCUT2D eigenvalue weighted by atomic mass is 16.7. The van der Waals surface area contributed by atoms with E-state index in [-0.39, 0.29) is 18.5 Å². The topological polar surface area (TPSA) is 212 Å². The number of aliphatic hydroxyl groups excluding tert-OH is 8. The fourth-order valence-electron chi connectivity index (χ4n) is 1.89. The second-order valence-electron chi connectivity index (χ2n) is 4.75. The maximum absolute atomic E-state index is 9.76. The van der Waals surface area contributed by atoms with Crippen molar-refractivity contribution in [3.05, 3.63) is 0 Å². The Hall–Kier alpha value is -0.440. The third-order valence-corrected chi connectivity index (χ3v) is 3.06. The first-order valence-electron chi connectivity index (χ1n) is 6.74. The van der Waals surface area contributed by atoms with Crippen LogP contribution in [0.3, 0.4) is 0 Å². The van der Waals surface area contributed by atoms with Crippen molar-refractivity contribution in [3.63, 3.8) is 0 Å². The molecule has 0 aliphatic carbocycles. The zero-order valence-electron chi connectivity index (χ0n) is 12.8. The van der Waals surface area contributed by atoms with E-state index in [4.69, 9.17) is 24.8 Å². The summed E-state index contributed by atoms with van der Waals surface area (Å²) in [4.78, 5) is 0. The molecule has 11 heteroatoms. The van der Waals surface area contributed by atoms with E-state index in [2.05, 4.69) is 0 Å². The van der Waals surface area contributed by atoms with E-state index in [1.54, 1.807) is 0 Å². The van der Waals surface area contributed by atoms with Crippen LogP contribution in [0.2, 0.25) is 0 Å². The summed E-state index contributed by atoms with van der Waals surface area (Å²) in [6, 6.07) is 0. The van der Waals surface area contributed by atoms with Gasteiger partial charge in [-0.15, -0.1) is 0 Å². The first-order valence-corrected chi connectivity index (χ1v) is 6.74. The van der Waals surface area contributed by atoms with Crippen LogP contribution in [0.25, 0.3) is 0 Å². The van der Waals surface area contributed by atoms with Crippen LogP contribution >= 0.6 is 0 Å². The van der Waals surface area contributed by atoms with Gasteiger partial charge in [-0.25, -0.2) is 0 Å². The minimum atomic E-state index is -1.69. The third kappa shape index (κ3) is 7.78. The molecule has 0 aromatic rings. The van der Waals surface area contributed by atoms with Gasteiger partial charge < -0.3 is 55.8 Å². The summed E-state index contributed by atoms with van der Waals surface area (Å²) in [5.41, 5.74) is 0. The number of rotatable bonds is 7. The Balaban J connectivity index is 0. The lowest BCUT2D eigenvalue weighted by atomic mass is 10.0. The van der Waals surface area contributed by atoms with Gasteiger partial charge in [0.1, 0.15) is 30.5 Å². The molecule has 0 saturated carbocycles. The van der Waals surface area contributed by atoms with E-state index < -0.39 is 56.1 Å². The van der Waals surface area contributed by atoms with Gasteiger partial charge in [0.25, 0.3) is 0 Å². The largest absolute Gasteiger partial charge is 0.412 e. The molecule has 0 amide bonds. The summed E-state index contributed by atoms with van der Waals surface area (Å²) in [6.45, 7) is -1.63. The van der Waals surface area contributed by atoms with Crippen molar-refractivity contribution < 1.29 is 55.8 Å². The van der Waals surface area contributed by atoms with Gasteiger partial charge in [0, 0.05) is 13.5 Å². The molecular formula is C12H28O11. The van der Waals surface area contributed by atoms with Crippen molar-refractivity contribution in [2.75, 3.05) is 26.9 Å². The average Bonchev–Trinajstić information content (AvgIpc) is 2.54. The average molecular weight is 348 g/mol. The van der Waals surface area contributed by atoms with Crippen LogP contribution in [0.15, 0.2) is 0 Å².